The summed E-state index contributed by atoms with van der Waals surface area (Å²) in [5, 5.41) is 2.49. The van der Waals surface area contributed by atoms with Crippen LogP contribution in [0, 0.1) is 11.8 Å². The van der Waals surface area contributed by atoms with Crippen LogP contribution in [0.5, 0.6) is 0 Å². The minimum Gasteiger partial charge on any atom is -0.465 e. The van der Waals surface area contributed by atoms with E-state index in [0.717, 1.165) is 0 Å². The van der Waals surface area contributed by atoms with E-state index < -0.39 is 42.3 Å². The topological polar surface area (TPSA) is 120 Å². The lowest BCUT2D eigenvalue weighted by atomic mass is 9.79. The first-order chi connectivity index (χ1) is 12.8. The number of nitrogens with one attached hydrogen (secondary N) is 1. The van der Waals surface area contributed by atoms with Crippen molar-refractivity contribution < 1.29 is 33.4 Å². The molecule has 2 atom stereocenters. The van der Waals surface area contributed by atoms with Crippen molar-refractivity contribution in [3.63, 3.8) is 0 Å². The van der Waals surface area contributed by atoms with Gasteiger partial charge < -0.3 is 19.5 Å². The fraction of sp³-hybridized carbons (Fsp3) is 0.611. The van der Waals surface area contributed by atoms with E-state index >= 15 is 0 Å². The molecule has 0 saturated heterocycles. The van der Waals surface area contributed by atoms with Gasteiger partial charge in [0, 0.05) is 18.0 Å². The van der Waals surface area contributed by atoms with Gasteiger partial charge in [-0.15, -0.1) is 0 Å². The summed E-state index contributed by atoms with van der Waals surface area (Å²) in [7, 11) is 0. The van der Waals surface area contributed by atoms with Crippen LogP contribution in [0.4, 0.5) is 0 Å². The highest BCUT2D eigenvalue weighted by atomic mass is 16.5. The van der Waals surface area contributed by atoms with Gasteiger partial charge in [-0.05, 0) is 34.6 Å². The Morgan fingerprint density at radius 1 is 0.926 bits per heavy atom. The highest BCUT2D eigenvalue weighted by molar-refractivity contribution is 6.10. The third-order valence-corrected chi connectivity index (χ3v) is 3.84. The molecule has 0 fully saturated rings. The zero-order valence-corrected chi connectivity index (χ0v) is 16.3. The van der Waals surface area contributed by atoms with E-state index in [2.05, 4.69) is 10.3 Å². The van der Waals surface area contributed by atoms with Gasteiger partial charge in [-0.2, -0.15) is 0 Å². The maximum Gasteiger partial charge on any atom is 0.336 e. The number of rotatable bonds is 8. The Labute approximate surface area is 158 Å². The second kappa shape index (κ2) is 10.4. The van der Waals surface area contributed by atoms with Crippen LogP contribution in [0.25, 0.3) is 0 Å². The number of likely N-dealkylation sites (N-methyl/N-ethyl adjacent to an activating group) is 1. The third kappa shape index (κ3) is 5.63. The number of aliphatic imine (C=N–C) groups is 1. The van der Waals surface area contributed by atoms with E-state index in [4.69, 9.17) is 14.2 Å². The summed E-state index contributed by atoms with van der Waals surface area (Å²) in [6, 6.07) is 0. The quantitative estimate of drug-likeness (QED) is 0.486. The van der Waals surface area contributed by atoms with E-state index in [-0.39, 0.29) is 24.5 Å². The van der Waals surface area contributed by atoms with Gasteiger partial charge >= 0.3 is 17.9 Å². The molecule has 1 aliphatic heterocycles. The van der Waals surface area contributed by atoms with Gasteiger partial charge in [0.05, 0.1) is 18.8 Å². The summed E-state index contributed by atoms with van der Waals surface area (Å²) >= 11 is 0. The monoisotopic (exact) mass is 382 g/mol. The maximum atomic E-state index is 12.7. The van der Waals surface area contributed by atoms with Crippen molar-refractivity contribution in [1.82, 2.24) is 5.32 Å². The molecule has 9 heteroatoms. The van der Waals surface area contributed by atoms with Crippen LogP contribution in [0.3, 0.4) is 0 Å². The first kappa shape index (κ1) is 22.3. The highest BCUT2D eigenvalue weighted by Crippen LogP contribution is 2.33. The van der Waals surface area contributed by atoms with Crippen LogP contribution < -0.4 is 5.32 Å². The molecule has 0 bridgehead atoms. The lowest BCUT2D eigenvalue weighted by Crippen LogP contribution is -2.43. The molecule has 0 radical (unpaired) electrons. The summed E-state index contributed by atoms with van der Waals surface area (Å²) in [5.74, 6) is -5.27. The zero-order chi connectivity index (χ0) is 20.6. The van der Waals surface area contributed by atoms with Crippen molar-refractivity contribution in [3.8, 4) is 0 Å². The van der Waals surface area contributed by atoms with E-state index in [1.807, 2.05) is 0 Å². The average Bonchev–Trinajstić information content (AvgIpc) is 2.59. The Morgan fingerprint density at radius 3 is 2.07 bits per heavy atom. The summed E-state index contributed by atoms with van der Waals surface area (Å²) in [6.45, 7) is 8.12. The molecule has 9 nitrogen and oxygen atoms in total. The van der Waals surface area contributed by atoms with Gasteiger partial charge in [-0.25, -0.2) is 4.79 Å². The predicted molar refractivity (Wildman–Crippen MR) is 95.7 cm³/mol. The molecule has 0 aromatic carbocycles. The van der Waals surface area contributed by atoms with E-state index in [1.165, 1.54) is 0 Å². The zero-order valence-electron chi connectivity index (χ0n) is 16.3. The number of esters is 3. The van der Waals surface area contributed by atoms with Gasteiger partial charge in [-0.3, -0.25) is 19.4 Å². The van der Waals surface area contributed by atoms with Crippen molar-refractivity contribution in [2.45, 2.75) is 34.6 Å². The van der Waals surface area contributed by atoms with Crippen LogP contribution in [0.15, 0.2) is 16.3 Å². The Balaban J connectivity index is 3.25. The van der Waals surface area contributed by atoms with Crippen molar-refractivity contribution in [1.29, 1.82) is 0 Å². The summed E-state index contributed by atoms with van der Waals surface area (Å²) in [5.41, 5.74) is 0.506. The molecule has 1 unspecified atom stereocenters. The molecule has 1 aliphatic rings. The minimum atomic E-state index is -1.30. The van der Waals surface area contributed by atoms with E-state index in [9.17, 15) is 19.2 Å². The number of amides is 1. The fourth-order valence-corrected chi connectivity index (χ4v) is 2.78. The SMILES string of the molecule is CCNC(=O)COC(=O)[C@@H]1C(C(=O)OCC)=C(C)N=C(C)C1C(=O)OCC. The van der Waals surface area contributed by atoms with Gasteiger partial charge in [0.2, 0.25) is 0 Å². The normalized spacial score (nSPS) is 19.1. The molecule has 1 amide bonds. The molecule has 0 aliphatic carbocycles. The largest absolute Gasteiger partial charge is 0.465 e. The van der Waals surface area contributed by atoms with Crippen LogP contribution in [0.1, 0.15) is 34.6 Å². The molecule has 27 heavy (non-hydrogen) atoms. The van der Waals surface area contributed by atoms with Gasteiger partial charge in [0.15, 0.2) is 6.61 Å². The van der Waals surface area contributed by atoms with Crippen molar-refractivity contribution in [2.75, 3.05) is 26.4 Å². The number of hydrogen-bond acceptors (Lipinski definition) is 8. The average molecular weight is 382 g/mol. The summed E-state index contributed by atoms with van der Waals surface area (Å²) in [6.07, 6.45) is 0. The van der Waals surface area contributed by atoms with Crippen LogP contribution in [0.2, 0.25) is 0 Å². The molecule has 0 aromatic rings. The highest BCUT2D eigenvalue weighted by Gasteiger charge is 2.46. The Hall–Kier alpha value is -2.71. The number of hydrogen-bond donors (Lipinski definition) is 1. The first-order valence-electron chi connectivity index (χ1n) is 8.81. The second-order valence-corrected chi connectivity index (χ2v) is 5.74. The maximum absolute atomic E-state index is 12.7. The molecular formula is C18H26N2O7. The number of nitrogens with zero attached hydrogens (tertiary/aromatic N) is 1. The first-order valence-corrected chi connectivity index (χ1v) is 8.81. The van der Waals surface area contributed by atoms with E-state index in [1.54, 1.807) is 34.6 Å². The van der Waals surface area contributed by atoms with Crippen molar-refractivity contribution >= 4 is 29.5 Å². The van der Waals surface area contributed by atoms with E-state index in [0.29, 0.717) is 12.3 Å². The Bertz CT molecular complexity index is 667. The Kier molecular flexibility index (Phi) is 8.64. The molecule has 0 spiro atoms. The smallest absolute Gasteiger partial charge is 0.336 e. The van der Waals surface area contributed by atoms with Crippen molar-refractivity contribution in [3.05, 3.63) is 11.3 Å². The van der Waals surface area contributed by atoms with Crippen molar-refractivity contribution in [2.24, 2.45) is 16.8 Å². The number of carbonyl (C=O) groups is 4. The molecule has 0 aromatic heterocycles. The lowest BCUT2D eigenvalue weighted by Gasteiger charge is -2.29. The minimum absolute atomic E-state index is 0.0681. The Morgan fingerprint density at radius 2 is 1.52 bits per heavy atom. The molecule has 0 saturated carbocycles. The van der Waals surface area contributed by atoms with Crippen LogP contribution >= 0.6 is 0 Å². The molecular weight excluding hydrogens is 356 g/mol. The second-order valence-electron chi connectivity index (χ2n) is 5.74. The predicted octanol–water partition coefficient (Wildman–Crippen LogP) is 0.773. The van der Waals surface area contributed by atoms with Gasteiger partial charge in [0.1, 0.15) is 11.8 Å². The standard InChI is InChI=1S/C18H26N2O7/c1-6-19-12(21)9-27-18(24)15-13(16(22)25-7-2)10(4)20-11(5)14(15)17(23)26-8-3/h13,15H,6-9H2,1-5H3,(H,19,21)/t13?,15-/m0/s1. The van der Waals surface area contributed by atoms with Gasteiger partial charge in [-0.1, -0.05) is 0 Å². The van der Waals surface area contributed by atoms with Crippen LogP contribution in [-0.2, 0) is 33.4 Å². The number of allylic oxidation sites excluding steroid dienone is 1. The molecule has 150 valence electrons. The fourth-order valence-electron chi connectivity index (χ4n) is 2.78. The van der Waals surface area contributed by atoms with Gasteiger partial charge in [0.25, 0.3) is 5.91 Å². The molecule has 1 heterocycles. The molecule has 1 rings (SSSR count). The number of carbonyl (C=O) groups excluding carboxylic acids is 4. The third-order valence-electron chi connectivity index (χ3n) is 3.84. The lowest BCUT2D eigenvalue weighted by molar-refractivity contribution is -0.159. The molecule has 1 N–H and O–H groups in total. The number of ether oxygens (including phenoxy) is 3. The van der Waals surface area contributed by atoms with Crippen LogP contribution in [-0.4, -0.2) is 55.9 Å². The summed E-state index contributed by atoms with van der Waals surface area (Å²) in [4.78, 5) is 53.4. The summed E-state index contributed by atoms with van der Waals surface area (Å²) < 4.78 is 15.1.